The van der Waals surface area contributed by atoms with Crippen LogP contribution in [0.3, 0.4) is 0 Å². The molecule has 0 heterocycles. The van der Waals surface area contributed by atoms with Crippen molar-refractivity contribution in [3.05, 3.63) is 47.5 Å². The Hall–Kier alpha value is -1.95. The lowest BCUT2D eigenvalue weighted by atomic mass is 10.0. The molecule has 2 rings (SSSR count). The van der Waals surface area contributed by atoms with Crippen molar-refractivity contribution in [2.75, 3.05) is 6.61 Å². The predicted octanol–water partition coefficient (Wildman–Crippen LogP) is 3.04. The molecule has 0 saturated carbocycles. The molecule has 126 valence electrons. The maximum Gasteiger partial charge on any atom is 0.315 e. The van der Waals surface area contributed by atoms with Crippen LogP contribution in [0, 0.1) is 17.6 Å². The summed E-state index contributed by atoms with van der Waals surface area (Å²) < 4.78 is 27.0. The molecule has 1 aromatic carbocycles. The molecule has 1 unspecified atom stereocenters. The van der Waals surface area contributed by atoms with Crippen LogP contribution >= 0.6 is 0 Å². The highest BCUT2D eigenvalue weighted by atomic mass is 19.1. The number of carbonyl (C=O) groups excluding carboxylic acids is 1. The van der Waals surface area contributed by atoms with Gasteiger partial charge in [0.1, 0.15) is 11.6 Å². The smallest absolute Gasteiger partial charge is 0.315 e. The molecule has 6 heteroatoms. The maximum atomic E-state index is 13.9. The van der Waals surface area contributed by atoms with Crippen LogP contribution in [0.5, 0.6) is 0 Å². The van der Waals surface area contributed by atoms with Crippen molar-refractivity contribution in [3.63, 3.8) is 0 Å². The largest absolute Gasteiger partial charge is 0.396 e. The van der Waals surface area contributed by atoms with Gasteiger partial charge in [-0.05, 0) is 18.9 Å². The number of hydrogen-bond donors (Lipinski definition) is 3. The number of benzene rings is 1. The van der Waals surface area contributed by atoms with Gasteiger partial charge >= 0.3 is 6.03 Å². The highest BCUT2D eigenvalue weighted by Crippen LogP contribution is 2.23. The van der Waals surface area contributed by atoms with Crippen molar-refractivity contribution in [2.45, 2.75) is 38.3 Å². The third-order valence-corrected chi connectivity index (χ3v) is 3.94. The average Bonchev–Trinajstić information content (AvgIpc) is 2.94. The SMILES string of the molecule is CCCC(NC(=O)N[C@@H]1C=C[C@H](CO)C1)c1ccc(F)cc1F. The lowest BCUT2D eigenvalue weighted by Crippen LogP contribution is -2.42. The highest BCUT2D eigenvalue weighted by Gasteiger charge is 2.22. The summed E-state index contributed by atoms with van der Waals surface area (Å²) in [5.41, 5.74) is 0.276. The van der Waals surface area contributed by atoms with Gasteiger partial charge in [-0.25, -0.2) is 13.6 Å². The lowest BCUT2D eigenvalue weighted by molar-refractivity contribution is 0.227. The van der Waals surface area contributed by atoms with E-state index in [1.807, 2.05) is 19.1 Å². The number of nitrogens with one attached hydrogen (secondary N) is 2. The number of rotatable bonds is 6. The zero-order chi connectivity index (χ0) is 16.8. The Balaban J connectivity index is 1.99. The first-order valence-electron chi connectivity index (χ1n) is 7.84. The van der Waals surface area contributed by atoms with Crippen LogP contribution in [-0.4, -0.2) is 23.8 Å². The zero-order valence-electron chi connectivity index (χ0n) is 13.1. The number of carbonyl (C=O) groups is 1. The molecule has 0 aromatic heterocycles. The Kier molecular flexibility index (Phi) is 6.10. The van der Waals surface area contributed by atoms with Gasteiger partial charge in [0, 0.05) is 30.2 Å². The van der Waals surface area contributed by atoms with Crippen molar-refractivity contribution in [3.8, 4) is 0 Å². The van der Waals surface area contributed by atoms with Crippen LogP contribution in [-0.2, 0) is 0 Å². The van der Waals surface area contributed by atoms with Gasteiger partial charge in [-0.3, -0.25) is 0 Å². The summed E-state index contributed by atoms with van der Waals surface area (Å²) in [5.74, 6) is -1.25. The van der Waals surface area contributed by atoms with Gasteiger partial charge in [-0.2, -0.15) is 0 Å². The third-order valence-electron chi connectivity index (χ3n) is 3.94. The number of aliphatic hydroxyl groups is 1. The number of amides is 2. The van der Waals surface area contributed by atoms with Crippen LogP contribution < -0.4 is 10.6 Å². The van der Waals surface area contributed by atoms with Gasteiger partial charge in [0.25, 0.3) is 0 Å². The molecule has 3 N–H and O–H groups in total. The second-order valence-corrected chi connectivity index (χ2v) is 5.79. The molecular formula is C17H22F2N2O2. The Morgan fingerprint density at radius 3 is 2.78 bits per heavy atom. The first-order chi connectivity index (χ1) is 11.0. The first kappa shape index (κ1) is 17.4. The van der Waals surface area contributed by atoms with Crippen LogP contribution in [0.25, 0.3) is 0 Å². The minimum absolute atomic E-state index is 0.0511. The first-order valence-corrected chi connectivity index (χ1v) is 7.84. The van der Waals surface area contributed by atoms with E-state index in [2.05, 4.69) is 10.6 Å². The maximum absolute atomic E-state index is 13.9. The van der Waals surface area contributed by atoms with Crippen LogP contribution in [0.2, 0.25) is 0 Å². The van der Waals surface area contributed by atoms with E-state index in [9.17, 15) is 13.6 Å². The lowest BCUT2D eigenvalue weighted by Gasteiger charge is -2.21. The van der Waals surface area contributed by atoms with Crippen LogP contribution in [0.1, 0.15) is 37.8 Å². The zero-order valence-corrected chi connectivity index (χ0v) is 13.1. The van der Waals surface area contributed by atoms with Gasteiger partial charge < -0.3 is 15.7 Å². The van der Waals surface area contributed by atoms with Gasteiger partial charge in [0.05, 0.1) is 6.04 Å². The standard InChI is InChI=1S/C17H22F2N2O2/c1-2-3-16(14-7-5-12(18)9-15(14)19)21-17(23)20-13-6-4-11(8-13)10-22/h4-7,9,11,13,16,22H,2-3,8,10H2,1H3,(H2,20,21,23)/t11-,13+,16?/m0/s1. The molecule has 0 fully saturated rings. The number of hydrogen-bond acceptors (Lipinski definition) is 2. The van der Waals surface area contributed by atoms with Gasteiger partial charge in [0.2, 0.25) is 0 Å². The fourth-order valence-electron chi connectivity index (χ4n) is 2.76. The van der Waals surface area contributed by atoms with Crippen LogP contribution in [0.4, 0.5) is 13.6 Å². The molecule has 0 bridgehead atoms. The summed E-state index contributed by atoms with van der Waals surface area (Å²) in [5, 5.41) is 14.6. The summed E-state index contributed by atoms with van der Waals surface area (Å²) in [6.45, 7) is 1.98. The summed E-state index contributed by atoms with van der Waals surface area (Å²) in [7, 11) is 0. The van der Waals surface area contributed by atoms with E-state index in [0.717, 1.165) is 12.5 Å². The molecule has 23 heavy (non-hydrogen) atoms. The second kappa shape index (κ2) is 8.06. The molecule has 1 aliphatic rings. The molecule has 0 saturated heterocycles. The van der Waals surface area contributed by atoms with Gasteiger partial charge in [-0.15, -0.1) is 0 Å². The van der Waals surface area contributed by atoms with Gasteiger partial charge in [-0.1, -0.05) is 31.6 Å². The molecule has 3 atom stereocenters. The van der Waals surface area contributed by atoms with E-state index in [4.69, 9.17) is 5.11 Å². The average molecular weight is 324 g/mol. The monoisotopic (exact) mass is 324 g/mol. The molecule has 0 aliphatic heterocycles. The van der Waals surface area contributed by atoms with E-state index < -0.39 is 23.7 Å². The van der Waals surface area contributed by atoms with Gasteiger partial charge in [0.15, 0.2) is 0 Å². The summed E-state index contributed by atoms with van der Waals surface area (Å²) >= 11 is 0. The molecule has 1 aromatic rings. The van der Waals surface area contributed by atoms with E-state index in [1.54, 1.807) is 0 Å². The molecule has 4 nitrogen and oxygen atoms in total. The molecule has 2 amide bonds. The normalized spacial score (nSPS) is 21.2. The molecule has 1 aliphatic carbocycles. The van der Waals surface area contributed by atoms with Crippen molar-refractivity contribution in [1.29, 1.82) is 0 Å². The highest BCUT2D eigenvalue weighted by molar-refractivity contribution is 5.75. The van der Waals surface area contributed by atoms with Crippen molar-refractivity contribution >= 4 is 6.03 Å². The quantitative estimate of drug-likeness (QED) is 0.704. The van der Waals surface area contributed by atoms with Crippen molar-refractivity contribution in [2.24, 2.45) is 5.92 Å². The Morgan fingerprint density at radius 2 is 2.17 bits per heavy atom. The molecular weight excluding hydrogens is 302 g/mol. The summed E-state index contributed by atoms with van der Waals surface area (Å²) in [6.07, 6.45) is 5.66. The topological polar surface area (TPSA) is 61.4 Å². The summed E-state index contributed by atoms with van der Waals surface area (Å²) in [4.78, 5) is 12.1. The summed E-state index contributed by atoms with van der Waals surface area (Å²) in [6, 6.07) is 2.31. The van der Waals surface area contributed by atoms with Crippen molar-refractivity contribution < 1.29 is 18.7 Å². The van der Waals surface area contributed by atoms with E-state index in [0.29, 0.717) is 12.8 Å². The van der Waals surface area contributed by atoms with E-state index >= 15 is 0 Å². The van der Waals surface area contributed by atoms with Crippen molar-refractivity contribution in [1.82, 2.24) is 10.6 Å². The minimum atomic E-state index is -0.662. The predicted molar refractivity (Wildman–Crippen MR) is 83.8 cm³/mol. The second-order valence-electron chi connectivity index (χ2n) is 5.79. The number of urea groups is 1. The van der Waals surface area contributed by atoms with E-state index in [-0.39, 0.29) is 24.1 Å². The Labute approximate surface area is 134 Å². The van der Waals surface area contributed by atoms with Crippen LogP contribution in [0.15, 0.2) is 30.4 Å². The number of aliphatic hydroxyl groups excluding tert-OH is 1. The fourth-order valence-corrected chi connectivity index (χ4v) is 2.76. The Morgan fingerprint density at radius 1 is 1.39 bits per heavy atom. The van der Waals surface area contributed by atoms with E-state index in [1.165, 1.54) is 12.1 Å². The fraction of sp³-hybridized carbons (Fsp3) is 0.471. The minimum Gasteiger partial charge on any atom is -0.396 e. The molecule has 0 spiro atoms. The number of halogens is 2. The molecule has 0 radical (unpaired) electrons. The third kappa shape index (κ3) is 4.76. The Bertz CT molecular complexity index is 578.